The summed E-state index contributed by atoms with van der Waals surface area (Å²) in [6.45, 7) is 10.1. The largest absolute Gasteiger partial charge is 0.378 e. The van der Waals surface area contributed by atoms with Crippen LogP contribution in [0.3, 0.4) is 0 Å². The van der Waals surface area contributed by atoms with Crippen LogP contribution in [0.5, 0.6) is 0 Å². The zero-order valence-electron chi connectivity index (χ0n) is 20.7. The number of hydrogen-bond donors (Lipinski definition) is 1. The number of morpholine rings is 1. The van der Waals surface area contributed by atoms with Crippen LogP contribution in [-0.4, -0.2) is 51.4 Å². The lowest BCUT2D eigenvalue weighted by Crippen LogP contribution is -2.36. The third kappa shape index (κ3) is 4.44. The van der Waals surface area contributed by atoms with Crippen LogP contribution in [0.2, 0.25) is 0 Å². The summed E-state index contributed by atoms with van der Waals surface area (Å²) in [5.74, 6) is -1.89. The van der Waals surface area contributed by atoms with Crippen molar-refractivity contribution in [3.05, 3.63) is 65.9 Å². The minimum Gasteiger partial charge on any atom is -0.378 e. The molecule has 4 heterocycles. The zero-order chi connectivity index (χ0) is 25.6. The molecule has 3 aromatic heterocycles. The van der Waals surface area contributed by atoms with E-state index >= 15 is 0 Å². The van der Waals surface area contributed by atoms with Crippen molar-refractivity contribution in [2.75, 3.05) is 36.5 Å². The van der Waals surface area contributed by atoms with E-state index in [4.69, 9.17) is 4.74 Å². The van der Waals surface area contributed by atoms with Gasteiger partial charge in [-0.25, -0.2) is 4.98 Å². The SMILES string of the molecule is Cc1ccc(NC(=O)c2cn(C(C)(C)C)nc2F)cc1-c1cc(N2CCOCC2)c2ncc(F)n2c1. The summed E-state index contributed by atoms with van der Waals surface area (Å²) in [4.78, 5) is 19.3. The number of hydrogen-bond acceptors (Lipinski definition) is 5. The number of carbonyl (C=O) groups excluding carboxylic acids is 1. The molecular formula is C26H28F2N6O2. The van der Waals surface area contributed by atoms with Gasteiger partial charge < -0.3 is 15.0 Å². The van der Waals surface area contributed by atoms with Crippen molar-refractivity contribution in [3.8, 4) is 11.1 Å². The number of pyridine rings is 1. The van der Waals surface area contributed by atoms with E-state index in [-0.39, 0.29) is 5.56 Å². The molecule has 1 fully saturated rings. The highest BCUT2D eigenvalue weighted by molar-refractivity contribution is 6.04. The van der Waals surface area contributed by atoms with Crippen molar-refractivity contribution >= 4 is 22.9 Å². The summed E-state index contributed by atoms with van der Waals surface area (Å²) < 4.78 is 37.4. The van der Waals surface area contributed by atoms with E-state index in [0.29, 0.717) is 37.6 Å². The van der Waals surface area contributed by atoms with E-state index in [1.54, 1.807) is 18.3 Å². The first-order valence-electron chi connectivity index (χ1n) is 11.8. The molecule has 1 aliphatic rings. The summed E-state index contributed by atoms with van der Waals surface area (Å²) in [5, 5.41) is 6.61. The number of amides is 1. The van der Waals surface area contributed by atoms with Crippen molar-refractivity contribution in [3.63, 3.8) is 0 Å². The lowest BCUT2D eigenvalue weighted by atomic mass is 10.0. The molecule has 10 heteroatoms. The summed E-state index contributed by atoms with van der Waals surface area (Å²) >= 11 is 0. The first kappa shape index (κ1) is 23.9. The number of aryl methyl sites for hydroxylation is 1. The highest BCUT2D eigenvalue weighted by atomic mass is 19.1. The summed E-state index contributed by atoms with van der Waals surface area (Å²) in [6.07, 6.45) is 4.31. The lowest BCUT2D eigenvalue weighted by Gasteiger charge is -2.29. The maximum absolute atomic E-state index is 14.6. The number of aromatic nitrogens is 4. The maximum Gasteiger partial charge on any atom is 0.261 e. The first-order chi connectivity index (χ1) is 17.1. The quantitative estimate of drug-likeness (QED) is 0.448. The smallest absolute Gasteiger partial charge is 0.261 e. The van der Waals surface area contributed by atoms with Gasteiger partial charge in [0.2, 0.25) is 11.9 Å². The molecule has 36 heavy (non-hydrogen) atoms. The second kappa shape index (κ2) is 9.02. The van der Waals surface area contributed by atoms with E-state index in [1.807, 2.05) is 39.8 Å². The minimum atomic E-state index is -0.828. The Labute approximate surface area is 207 Å². The van der Waals surface area contributed by atoms with Crippen molar-refractivity contribution in [1.29, 1.82) is 0 Å². The second-order valence-corrected chi connectivity index (χ2v) is 9.92. The number of nitrogens with one attached hydrogen (secondary N) is 1. The van der Waals surface area contributed by atoms with Gasteiger partial charge in [-0.2, -0.15) is 8.78 Å². The predicted molar refractivity (Wildman–Crippen MR) is 133 cm³/mol. The van der Waals surface area contributed by atoms with Crippen LogP contribution in [0.4, 0.5) is 20.2 Å². The molecule has 1 amide bonds. The van der Waals surface area contributed by atoms with Crippen LogP contribution < -0.4 is 10.2 Å². The highest BCUT2D eigenvalue weighted by Crippen LogP contribution is 2.33. The fourth-order valence-electron chi connectivity index (χ4n) is 4.28. The summed E-state index contributed by atoms with van der Waals surface area (Å²) in [7, 11) is 0. The maximum atomic E-state index is 14.6. The van der Waals surface area contributed by atoms with Crippen LogP contribution in [0.25, 0.3) is 16.8 Å². The second-order valence-electron chi connectivity index (χ2n) is 9.92. The fraction of sp³-hybridized carbons (Fsp3) is 0.346. The Morgan fingerprint density at radius 1 is 1.11 bits per heavy atom. The third-order valence-electron chi connectivity index (χ3n) is 6.30. The van der Waals surface area contributed by atoms with E-state index in [1.165, 1.54) is 21.5 Å². The first-order valence-corrected chi connectivity index (χ1v) is 11.8. The topological polar surface area (TPSA) is 76.7 Å². The molecule has 0 unspecified atom stereocenters. The number of fused-ring (bicyclic) bond motifs is 1. The van der Waals surface area contributed by atoms with Gasteiger partial charge in [0.25, 0.3) is 5.91 Å². The fourth-order valence-corrected chi connectivity index (χ4v) is 4.28. The minimum absolute atomic E-state index is 0.136. The Kier molecular flexibility index (Phi) is 5.99. The normalized spacial score (nSPS) is 14.4. The van der Waals surface area contributed by atoms with Crippen molar-refractivity contribution in [2.45, 2.75) is 33.2 Å². The molecule has 0 radical (unpaired) electrons. The van der Waals surface area contributed by atoms with Crippen molar-refractivity contribution in [2.24, 2.45) is 0 Å². The molecule has 0 aliphatic carbocycles. The standard InChI is InChI=1S/C26H28F2N6O2/c1-16-5-6-18(30-25(35)20-15-34(26(2,3)4)31-23(20)28)12-19(16)17-11-21(32-7-9-36-10-8-32)24-29-13-22(27)33(24)14-17/h5-6,11-15H,7-10H2,1-4H3,(H,30,35). The van der Waals surface area contributed by atoms with E-state index in [9.17, 15) is 13.6 Å². The number of benzene rings is 1. The van der Waals surface area contributed by atoms with Gasteiger partial charge >= 0.3 is 0 Å². The number of imidazole rings is 1. The highest BCUT2D eigenvalue weighted by Gasteiger charge is 2.23. The van der Waals surface area contributed by atoms with E-state index < -0.39 is 23.3 Å². The zero-order valence-corrected chi connectivity index (χ0v) is 20.7. The molecule has 1 N–H and O–H groups in total. The van der Waals surface area contributed by atoms with Gasteiger partial charge in [0.05, 0.1) is 30.6 Å². The van der Waals surface area contributed by atoms with Crippen LogP contribution in [-0.2, 0) is 10.3 Å². The summed E-state index contributed by atoms with van der Waals surface area (Å²) in [5.41, 5.74) is 3.75. The summed E-state index contributed by atoms with van der Waals surface area (Å²) in [6, 6.07) is 7.40. The van der Waals surface area contributed by atoms with E-state index in [2.05, 4.69) is 20.3 Å². The molecule has 1 aromatic carbocycles. The van der Waals surface area contributed by atoms with Gasteiger partial charge in [0.15, 0.2) is 5.65 Å². The van der Waals surface area contributed by atoms with Gasteiger partial charge in [-0.15, -0.1) is 5.10 Å². The van der Waals surface area contributed by atoms with Crippen LogP contribution in [0.1, 0.15) is 36.7 Å². The van der Waals surface area contributed by atoms with Gasteiger partial charge in [-0.1, -0.05) is 6.07 Å². The average molecular weight is 495 g/mol. The molecule has 1 saturated heterocycles. The Hall–Kier alpha value is -3.79. The molecule has 4 aromatic rings. The Balaban J connectivity index is 1.51. The molecule has 0 atom stereocenters. The molecule has 0 bridgehead atoms. The van der Waals surface area contributed by atoms with Crippen LogP contribution in [0, 0.1) is 18.8 Å². The number of ether oxygens (including phenoxy) is 1. The van der Waals surface area contributed by atoms with Gasteiger partial charge in [0, 0.05) is 36.7 Å². The molecule has 5 rings (SSSR count). The number of halogens is 2. The predicted octanol–water partition coefficient (Wildman–Crippen LogP) is 4.63. The molecule has 188 valence electrons. The lowest BCUT2D eigenvalue weighted by molar-refractivity contribution is 0.102. The van der Waals surface area contributed by atoms with E-state index in [0.717, 1.165) is 22.4 Å². The Bertz CT molecular complexity index is 1450. The molecule has 1 aliphatic heterocycles. The van der Waals surface area contributed by atoms with Crippen molar-refractivity contribution in [1.82, 2.24) is 19.2 Å². The number of nitrogens with zero attached hydrogens (tertiary/aromatic N) is 5. The average Bonchev–Trinajstić information content (AvgIpc) is 3.43. The number of rotatable bonds is 4. The van der Waals surface area contributed by atoms with Crippen LogP contribution >= 0.6 is 0 Å². The van der Waals surface area contributed by atoms with Crippen LogP contribution in [0.15, 0.2) is 42.9 Å². The molecule has 8 nitrogen and oxygen atoms in total. The monoisotopic (exact) mass is 494 g/mol. The van der Waals surface area contributed by atoms with Gasteiger partial charge in [-0.3, -0.25) is 13.9 Å². The molecular weight excluding hydrogens is 466 g/mol. The number of carbonyl (C=O) groups is 1. The molecule has 0 saturated carbocycles. The Morgan fingerprint density at radius 2 is 1.86 bits per heavy atom. The molecule has 0 spiro atoms. The third-order valence-corrected chi connectivity index (χ3v) is 6.30. The Morgan fingerprint density at radius 3 is 2.56 bits per heavy atom. The van der Waals surface area contributed by atoms with Crippen molar-refractivity contribution < 1.29 is 18.3 Å². The van der Waals surface area contributed by atoms with Gasteiger partial charge in [-0.05, 0) is 57.0 Å². The van der Waals surface area contributed by atoms with Gasteiger partial charge in [0.1, 0.15) is 5.56 Å². The number of anilines is 2.